The summed E-state index contributed by atoms with van der Waals surface area (Å²) in [4.78, 5) is 8.32. The molecule has 6 heteroatoms. The zero-order valence-corrected chi connectivity index (χ0v) is 11.9. The molecule has 2 rings (SSSR count). The number of rotatable bonds is 5. The first-order valence-electron chi connectivity index (χ1n) is 5.83. The number of nitrogens with one attached hydrogen (secondary N) is 1. The zero-order chi connectivity index (χ0) is 13.7. The van der Waals surface area contributed by atoms with Gasteiger partial charge in [-0.2, -0.15) is 0 Å². The molecule has 1 aromatic carbocycles. The second-order valence-electron chi connectivity index (χ2n) is 3.80. The van der Waals surface area contributed by atoms with Crippen LogP contribution in [0.5, 0.6) is 11.6 Å². The lowest BCUT2D eigenvalue weighted by molar-refractivity contribution is 0.453. The first kappa shape index (κ1) is 13.9. The van der Waals surface area contributed by atoms with E-state index < -0.39 is 0 Å². The summed E-state index contributed by atoms with van der Waals surface area (Å²) in [6, 6.07) is 4.53. The molecule has 0 aliphatic heterocycles. The van der Waals surface area contributed by atoms with Gasteiger partial charge in [0.15, 0.2) is 0 Å². The predicted octanol–water partition coefficient (Wildman–Crippen LogP) is 3.28. The lowest BCUT2D eigenvalue weighted by Crippen LogP contribution is -2.13. The fourth-order valence-electron chi connectivity index (χ4n) is 1.40. The van der Waals surface area contributed by atoms with Gasteiger partial charge in [-0.25, -0.2) is 9.37 Å². The normalized spacial score (nSPS) is 10.5. The molecule has 0 aliphatic carbocycles. The third-order valence-electron chi connectivity index (χ3n) is 2.35. The first-order valence-corrected chi connectivity index (χ1v) is 6.63. The molecule has 0 aliphatic rings. The Morgan fingerprint density at radius 1 is 1.32 bits per heavy atom. The van der Waals surface area contributed by atoms with Crippen LogP contribution < -0.4 is 10.1 Å². The van der Waals surface area contributed by atoms with Crippen molar-refractivity contribution >= 4 is 15.9 Å². The summed E-state index contributed by atoms with van der Waals surface area (Å²) in [7, 11) is 0. The van der Waals surface area contributed by atoms with Gasteiger partial charge < -0.3 is 10.1 Å². The molecule has 0 bridgehead atoms. The van der Waals surface area contributed by atoms with Crippen LogP contribution in [0.4, 0.5) is 4.39 Å². The van der Waals surface area contributed by atoms with Crippen molar-refractivity contribution in [2.24, 2.45) is 0 Å². The molecular formula is C13H13BrFN3O. The molecule has 0 unspecified atom stereocenters. The van der Waals surface area contributed by atoms with Crippen molar-refractivity contribution in [3.8, 4) is 11.6 Å². The molecule has 2 aromatic rings. The Labute approximate surface area is 119 Å². The van der Waals surface area contributed by atoms with Crippen LogP contribution in [0.2, 0.25) is 0 Å². The maximum atomic E-state index is 13.3. The lowest BCUT2D eigenvalue weighted by Gasteiger charge is -2.06. The van der Waals surface area contributed by atoms with E-state index in [1.54, 1.807) is 18.3 Å². The molecule has 1 aromatic heterocycles. The number of ether oxygens (including phenoxy) is 1. The molecule has 19 heavy (non-hydrogen) atoms. The SMILES string of the molecule is CCNCc1cnc(Oc2ccc(Br)c(F)c2)cn1. The summed E-state index contributed by atoms with van der Waals surface area (Å²) < 4.78 is 19.1. The van der Waals surface area contributed by atoms with E-state index >= 15 is 0 Å². The van der Waals surface area contributed by atoms with Crippen molar-refractivity contribution in [3.05, 3.63) is 46.6 Å². The first-order chi connectivity index (χ1) is 9.19. The van der Waals surface area contributed by atoms with Crippen LogP contribution in [0.1, 0.15) is 12.6 Å². The molecule has 0 radical (unpaired) electrons. The van der Waals surface area contributed by atoms with E-state index in [0.717, 1.165) is 12.2 Å². The summed E-state index contributed by atoms with van der Waals surface area (Å²) in [5.41, 5.74) is 0.830. The van der Waals surface area contributed by atoms with Crippen LogP contribution in [-0.4, -0.2) is 16.5 Å². The Balaban J connectivity index is 2.04. The maximum Gasteiger partial charge on any atom is 0.237 e. The Bertz CT molecular complexity index is 548. The van der Waals surface area contributed by atoms with Crippen LogP contribution in [0.3, 0.4) is 0 Å². The van der Waals surface area contributed by atoms with Gasteiger partial charge in [-0.3, -0.25) is 4.98 Å². The Hall–Kier alpha value is -1.53. The highest BCUT2D eigenvalue weighted by atomic mass is 79.9. The second-order valence-corrected chi connectivity index (χ2v) is 4.66. The molecule has 100 valence electrons. The fraction of sp³-hybridized carbons (Fsp3) is 0.231. The third kappa shape index (κ3) is 3.97. The minimum absolute atomic E-state index is 0.335. The lowest BCUT2D eigenvalue weighted by atomic mass is 10.3. The molecular weight excluding hydrogens is 313 g/mol. The smallest absolute Gasteiger partial charge is 0.237 e. The number of hydrogen-bond donors (Lipinski definition) is 1. The summed E-state index contributed by atoms with van der Waals surface area (Å²) in [5.74, 6) is 0.339. The van der Waals surface area contributed by atoms with E-state index in [9.17, 15) is 4.39 Å². The van der Waals surface area contributed by atoms with E-state index in [4.69, 9.17) is 4.74 Å². The van der Waals surface area contributed by atoms with Gasteiger partial charge in [0.2, 0.25) is 5.88 Å². The quantitative estimate of drug-likeness (QED) is 0.916. The van der Waals surface area contributed by atoms with Gasteiger partial charge in [-0.1, -0.05) is 6.92 Å². The average Bonchev–Trinajstić information content (AvgIpc) is 2.42. The van der Waals surface area contributed by atoms with E-state index in [0.29, 0.717) is 22.6 Å². The van der Waals surface area contributed by atoms with Crippen LogP contribution in [0.15, 0.2) is 35.1 Å². The monoisotopic (exact) mass is 325 g/mol. The van der Waals surface area contributed by atoms with E-state index in [-0.39, 0.29) is 5.82 Å². The molecule has 1 N–H and O–H groups in total. The van der Waals surface area contributed by atoms with E-state index in [1.807, 2.05) is 6.92 Å². The molecule has 0 fully saturated rings. The number of hydrogen-bond acceptors (Lipinski definition) is 4. The largest absolute Gasteiger partial charge is 0.437 e. The minimum atomic E-state index is -0.380. The van der Waals surface area contributed by atoms with Crippen molar-refractivity contribution in [2.75, 3.05) is 6.54 Å². The molecule has 0 saturated carbocycles. The van der Waals surface area contributed by atoms with Gasteiger partial charge in [0.1, 0.15) is 11.6 Å². The van der Waals surface area contributed by atoms with Crippen LogP contribution >= 0.6 is 15.9 Å². The van der Waals surface area contributed by atoms with Crippen LogP contribution in [-0.2, 0) is 6.54 Å². The van der Waals surface area contributed by atoms with Gasteiger partial charge >= 0.3 is 0 Å². The number of aromatic nitrogens is 2. The number of nitrogens with zero attached hydrogens (tertiary/aromatic N) is 2. The molecule has 4 nitrogen and oxygen atoms in total. The Kier molecular flexibility index (Phi) is 4.81. The highest BCUT2D eigenvalue weighted by molar-refractivity contribution is 9.10. The van der Waals surface area contributed by atoms with Crippen LogP contribution in [0.25, 0.3) is 0 Å². The van der Waals surface area contributed by atoms with Gasteiger partial charge in [0, 0.05) is 12.6 Å². The second kappa shape index (κ2) is 6.58. The third-order valence-corrected chi connectivity index (χ3v) is 2.99. The summed E-state index contributed by atoms with van der Waals surface area (Å²) in [6.07, 6.45) is 3.15. The van der Waals surface area contributed by atoms with Crippen molar-refractivity contribution in [1.29, 1.82) is 0 Å². The van der Waals surface area contributed by atoms with Gasteiger partial charge in [0.05, 0.1) is 22.6 Å². The summed E-state index contributed by atoms with van der Waals surface area (Å²) in [6.45, 7) is 3.56. The van der Waals surface area contributed by atoms with Gasteiger partial charge in [0.25, 0.3) is 0 Å². The van der Waals surface area contributed by atoms with Crippen molar-refractivity contribution < 1.29 is 9.13 Å². The topological polar surface area (TPSA) is 47.0 Å². The van der Waals surface area contributed by atoms with E-state index in [1.165, 1.54) is 12.3 Å². The van der Waals surface area contributed by atoms with Crippen molar-refractivity contribution in [3.63, 3.8) is 0 Å². The van der Waals surface area contributed by atoms with Gasteiger partial charge in [-0.05, 0) is 34.6 Å². The maximum absolute atomic E-state index is 13.3. The molecule has 0 spiro atoms. The predicted molar refractivity (Wildman–Crippen MR) is 73.6 cm³/mol. The fourth-order valence-corrected chi connectivity index (χ4v) is 1.65. The Morgan fingerprint density at radius 2 is 2.16 bits per heavy atom. The average molecular weight is 326 g/mol. The highest BCUT2D eigenvalue weighted by Gasteiger charge is 2.04. The standard InChI is InChI=1S/C13H13BrFN3O/c1-2-16-6-9-7-18-13(8-17-9)19-10-3-4-11(14)12(15)5-10/h3-5,7-8,16H,2,6H2,1H3. The van der Waals surface area contributed by atoms with Gasteiger partial charge in [-0.15, -0.1) is 0 Å². The summed E-state index contributed by atoms with van der Waals surface area (Å²) >= 11 is 3.08. The molecule has 0 saturated heterocycles. The molecule has 0 atom stereocenters. The van der Waals surface area contributed by atoms with Crippen molar-refractivity contribution in [2.45, 2.75) is 13.5 Å². The molecule has 0 amide bonds. The summed E-state index contributed by atoms with van der Waals surface area (Å²) in [5, 5.41) is 3.15. The van der Waals surface area contributed by atoms with E-state index in [2.05, 4.69) is 31.2 Å². The Morgan fingerprint density at radius 3 is 2.79 bits per heavy atom. The number of benzene rings is 1. The zero-order valence-electron chi connectivity index (χ0n) is 10.4. The van der Waals surface area contributed by atoms with Crippen LogP contribution in [0, 0.1) is 5.82 Å². The highest BCUT2D eigenvalue weighted by Crippen LogP contribution is 2.24. The molecule has 1 heterocycles. The van der Waals surface area contributed by atoms with Crippen molar-refractivity contribution in [1.82, 2.24) is 15.3 Å². The number of halogens is 2. The minimum Gasteiger partial charge on any atom is -0.437 e.